The van der Waals surface area contributed by atoms with Crippen LogP contribution in [-0.2, 0) is 57.2 Å². The van der Waals surface area contributed by atoms with Crippen LogP contribution in [0, 0.1) is 0 Å². The minimum Gasteiger partial charge on any atom is -0.481 e. The van der Waals surface area contributed by atoms with Crippen LogP contribution in [0.3, 0.4) is 0 Å². The first-order valence-corrected chi connectivity index (χ1v) is 23.4. The molecule has 0 aromatic carbocycles. The number of ketones is 2. The molecule has 17 heteroatoms. The topological polar surface area (TPSA) is 219 Å². The fourth-order valence-corrected chi connectivity index (χ4v) is 6.53. The van der Waals surface area contributed by atoms with Crippen molar-refractivity contribution < 1.29 is 67.1 Å². The highest BCUT2D eigenvalue weighted by atomic mass is 32.2. The van der Waals surface area contributed by atoms with Crippen LogP contribution in [0.2, 0.25) is 0 Å². The SMILES string of the molecule is CC(C)(C)OC(=O)NC(CSCCCCCCCC(=O)NC(CCC(=O)CCCCOCCOCCOCCCCC(=O)CCC(=O)O)C(=O)OC(C)(C)C)C(=O)OC(C)(C)C. The minimum absolute atomic E-state index is 0.00115. The first kappa shape index (κ1) is 58.7. The Hall–Kier alpha value is -3.28. The molecule has 0 saturated carbocycles. The number of hydrogen-bond donors (Lipinski definition) is 3. The Balaban J connectivity index is 4.32. The van der Waals surface area contributed by atoms with Gasteiger partial charge in [0, 0.05) is 51.1 Å². The fraction of sp³-hybridized carbons (Fsp3) is 0.844. The van der Waals surface area contributed by atoms with Gasteiger partial charge in [-0.1, -0.05) is 19.3 Å². The van der Waals surface area contributed by atoms with E-state index in [9.17, 15) is 33.6 Å². The molecule has 0 spiro atoms. The van der Waals surface area contributed by atoms with Gasteiger partial charge in [0.15, 0.2) is 0 Å². The van der Waals surface area contributed by atoms with Gasteiger partial charge in [-0.25, -0.2) is 14.4 Å². The summed E-state index contributed by atoms with van der Waals surface area (Å²) in [5.41, 5.74) is -2.14. The molecule has 0 rings (SSSR count). The molecule has 0 aliphatic heterocycles. The standard InChI is InChI=1S/C45H80N2O14S/c1-43(2,3)59-40(53)36(24-22-34(48)19-14-16-26-56-28-30-58-31-29-57-27-17-15-20-35(49)23-25-39(51)52)46-38(50)21-13-11-10-12-18-32-62-33-37(41(54)60-44(4,5)6)47-42(55)61-45(7,8)9/h36-37H,10-33H2,1-9H3,(H,46,50)(H,47,55)(H,51,52). The van der Waals surface area contributed by atoms with E-state index in [1.165, 1.54) is 0 Å². The molecule has 62 heavy (non-hydrogen) atoms. The van der Waals surface area contributed by atoms with E-state index in [0.29, 0.717) is 83.9 Å². The van der Waals surface area contributed by atoms with Gasteiger partial charge in [-0.3, -0.25) is 19.2 Å². The molecule has 0 bridgehead atoms. The number of unbranched alkanes of at least 4 members (excludes halogenated alkanes) is 6. The normalized spacial score (nSPS) is 12.9. The van der Waals surface area contributed by atoms with Gasteiger partial charge in [0.25, 0.3) is 0 Å². The molecule has 2 unspecified atom stereocenters. The summed E-state index contributed by atoms with van der Waals surface area (Å²) in [5.74, 6) is -1.22. The van der Waals surface area contributed by atoms with Crippen molar-refractivity contribution in [2.24, 2.45) is 0 Å². The van der Waals surface area contributed by atoms with Crippen molar-refractivity contribution >= 4 is 53.2 Å². The molecule has 0 aliphatic carbocycles. The van der Waals surface area contributed by atoms with Crippen molar-refractivity contribution in [3.8, 4) is 0 Å². The number of alkyl carbamates (subject to hydrolysis) is 1. The Kier molecular flexibility index (Phi) is 31.5. The zero-order valence-electron chi connectivity index (χ0n) is 39.3. The van der Waals surface area contributed by atoms with Crippen LogP contribution >= 0.6 is 11.8 Å². The van der Waals surface area contributed by atoms with E-state index in [2.05, 4.69) is 10.6 Å². The van der Waals surface area contributed by atoms with E-state index < -0.39 is 52.9 Å². The third-order valence-corrected chi connectivity index (χ3v) is 9.59. The summed E-state index contributed by atoms with van der Waals surface area (Å²) in [4.78, 5) is 85.6. The quantitative estimate of drug-likeness (QED) is 0.0319. The molecule has 2 atom stereocenters. The molecule has 2 amide bonds. The Labute approximate surface area is 375 Å². The lowest BCUT2D eigenvalue weighted by atomic mass is 10.0. The summed E-state index contributed by atoms with van der Waals surface area (Å²) in [6.45, 7) is 18.5. The molecule has 16 nitrogen and oxygen atoms in total. The number of carboxylic acid groups (broad SMARTS) is 1. The lowest BCUT2D eigenvalue weighted by molar-refractivity contribution is -0.159. The summed E-state index contributed by atoms with van der Waals surface area (Å²) < 4.78 is 32.9. The summed E-state index contributed by atoms with van der Waals surface area (Å²) in [6.07, 6.45) is 7.46. The predicted octanol–water partition coefficient (Wildman–Crippen LogP) is 7.30. The molecule has 0 fully saturated rings. The van der Waals surface area contributed by atoms with Crippen LogP contribution in [0.15, 0.2) is 0 Å². The summed E-state index contributed by atoms with van der Waals surface area (Å²) in [5, 5.41) is 14.0. The van der Waals surface area contributed by atoms with Crippen LogP contribution < -0.4 is 10.6 Å². The van der Waals surface area contributed by atoms with Crippen molar-refractivity contribution in [1.82, 2.24) is 10.6 Å². The van der Waals surface area contributed by atoms with Gasteiger partial charge < -0.3 is 44.2 Å². The molecule has 0 aromatic heterocycles. The Morgan fingerprint density at radius 2 is 0.935 bits per heavy atom. The maximum atomic E-state index is 12.9. The fourth-order valence-electron chi connectivity index (χ4n) is 5.50. The van der Waals surface area contributed by atoms with Gasteiger partial charge in [-0.15, -0.1) is 0 Å². The van der Waals surface area contributed by atoms with Crippen LogP contribution in [0.4, 0.5) is 4.79 Å². The zero-order valence-corrected chi connectivity index (χ0v) is 40.1. The minimum atomic E-state index is -0.964. The zero-order chi connectivity index (χ0) is 47.0. The molecule has 360 valence electrons. The second kappa shape index (κ2) is 33.3. The molecule has 0 radical (unpaired) electrons. The Bertz CT molecular complexity index is 1320. The van der Waals surface area contributed by atoms with Gasteiger partial charge >= 0.3 is 24.0 Å². The van der Waals surface area contributed by atoms with Gasteiger partial charge in [0.05, 0.1) is 32.8 Å². The predicted molar refractivity (Wildman–Crippen MR) is 238 cm³/mol. The van der Waals surface area contributed by atoms with Crippen molar-refractivity contribution in [1.29, 1.82) is 0 Å². The van der Waals surface area contributed by atoms with Gasteiger partial charge in [0.2, 0.25) is 5.91 Å². The molecule has 0 saturated heterocycles. The molecule has 0 aliphatic rings. The largest absolute Gasteiger partial charge is 0.481 e. The molecular weight excluding hydrogens is 825 g/mol. The van der Waals surface area contributed by atoms with E-state index in [1.807, 2.05) is 0 Å². The van der Waals surface area contributed by atoms with Crippen LogP contribution in [0.5, 0.6) is 0 Å². The number of thioether (sulfide) groups is 1. The van der Waals surface area contributed by atoms with Crippen molar-refractivity contribution in [3.63, 3.8) is 0 Å². The number of ether oxygens (including phenoxy) is 6. The van der Waals surface area contributed by atoms with E-state index >= 15 is 0 Å². The average Bonchev–Trinajstić information content (AvgIpc) is 3.13. The second-order valence-corrected chi connectivity index (χ2v) is 19.4. The van der Waals surface area contributed by atoms with Crippen LogP contribution in [0.25, 0.3) is 0 Å². The highest BCUT2D eigenvalue weighted by Crippen LogP contribution is 2.17. The number of rotatable bonds is 36. The third-order valence-electron chi connectivity index (χ3n) is 8.45. The molecular formula is C45H80N2O14S. The molecule has 0 heterocycles. The number of carbonyl (C=O) groups excluding carboxylic acids is 6. The lowest BCUT2D eigenvalue weighted by Crippen LogP contribution is -2.47. The maximum absolute atomic E-state index is 12.9. The first-order chi connectivity index (χ1) is 29.0. The van der Waals surface area contributed by atoms with Crippen LogP contribution in [0.1, 0.15) is 165 Å². The monoisotopic (exact) mass is 905 g/mol. The van der Waals surface area contributed by atoms with Crippen molar-refractivity contribution in [3.05, 3.63) is 0 Å². The number of amides is 2. The molecule has 0 aromatic rings. The number of nitrogens with one attached hydrogen (secondary N) is 2. The Morgan fingerprint density at radius 1 is 0.484 bits per heavy atom. The van der Waals surface area contributed by atoms with E-state index in [1.54, 1.807) is 74.1 Å². The van der Waals surface area contributed by atoms with Gasteiger partial charge in [-0.2, -0.15) is 11.8 Å². The van der Waals surface area contributed by atoms with E-state index in [0.717, 1.165) is 37.9 Å². The number of Topliss-reactive ketones (excluding diaryl/α,β-unsaturated/α-hetero) is 2. The van der Waals surface area contributed by atoms with Crippen molar-refractivity contribution in [2.45, 2.75) is 194 Å². The first-order valence-electron chi connectivity index (χ1n) is 22.3. The van der Waals surface area contributed by atoms with Crippen LogP contribution in [-0.4, -0.2) is 127 Å². The van der Waals surface area contributed by atoms with E-state index in [-0.39, 0.29) is 49.6 Å². The number of hydrogen-bond acceptors (Lipinski definition) is 14. The number of carbonyl (C=O) groups is 7. The summed E-state index contributed by atoms with van der Waals surface area (Å²) >= 11 is 1.55. The molecule has 3 N–H and O–H groups in total. The highest BCUT2D eigenvalue weighted by molar-refractivity contribution is 7.99. The lowest BCUT2D eigenvalue weighted by Gasteiger charge is -2.26. The summed E-state index contributed by atoms with van der Waals surface area (Å²) in [7, 11) is 0. The second-order valence-electron chi connectivity index (χ2n) is 18.2. The average molecular weight is 905 g/mol. The van der Waals surface area contributed by atoms with Gasteiger partial charge in [0.1, 0.15) is 40.5 Å². The van der Waals surface area contributed by atoms with Crippen molar-refractivity contribution in [2.75, 3.05) is 51.1 Å². The summed E-state index contributed by atoms with van der Waals surface area (Å²) in [6, 6.07) is -1.76. The number of esters is 2. The number of aliphatic carboxylic acids is 1. The van der Waals surface area contributed by atoms with E-state index in [4.69, 9.17) is 33.5 Å². The van der Waals surface area contributed by atoms with Gasteiger partial charge in [-0.05, 0) is 113 Å². The number of carboxylic acids is 1. The Morgan fingerprint density at radius 3 is 1.45 bits per heavy atom. The third kappa shape index (κ3) is 38.4. The smallest absolute Gasteiger partial charge is 0.408 e. The maximum Gasteiger partial charge on any atom is 0.408 e. The highest BCUT2D eigenvalue weighted by Gasteiger charge is 2.29.